The van der Waals surface area contributed by atoms with Crippen LogP contribution in [-0.2, 0) is 6.42 Å². The summed E-state index contributed by atoms with van der Waals surface area (Å²) in [6.45, 7) is 3.68. The molecule has 0 aliphatic rings. The van der Waals surface area contributed by atoms with E-state index in [1.54, 1.807) is 0 Å². The molecule has 0 saturated carbocycles. The first-order valence-electron chi connectivity index (χ1n) is 4.70. The fourth-order valence-electron chi connectivity index (χ4n) is 1.24. The predicted molar refractivity (Wildman–Crippen MR) is 62.0 cm³/mol. The van der Waals surface area contributed by atoms with E-state index in [1.165, 1.54) is 30.6 Å². The Morgan fingerprint density at radius 3 is 2.62 bits per heavy atom. The van der Waals surface area contributed by atoms with Crippen LogP contribution in [0.2, 0.25) is 0 Å². The summed E-state index contributed by atoms with van der Waals surface area (Å²) in [5.41, 5.74) is 1.45. The van der Waals surface area contributed by atoms with E-state index in [4.69, 9.17) is 0 Å². The molecule has 13 heavy (non-hydrogen) atoms. The Hall–Kier alpha value is -0.690. The maximum Gasteiger partial charge on any atom is -0.00261 e. The van der Waals surface area contributed by atoms with Gasteiger partial charge in [-0.25, -0.2) is 0 Å². The molecule has 0 N–H and O–H groups in total. The molecule has 0 aliphatic heterocycles. The van der Waals surface area contributed by atoms with Gasteiger partial charge in [-0.2, -0.15) is 0 Å². The zero-order valence-electron chi connectivity index (χ0n) is 7.91. The van der Waals surface area contributed by atoms with Crippen molar-refractivity contribution < 1.29 is 0 Å². The number of aryl methyl sites for hydroxylation is 1. The summed E-state index contributed by atoms with van der Waals surface area (Å²) < 4.78 is 0. The average molecular weight is 192 g/mol. The molecule has 0 aliphatic carbocycles. The molecule has 1 heteroatoms. The fraction of sp³-hybridized carbons (Fsp3) is 0.333. The molecule has 0 bridgehead atoms. The maximum absolute atomic E-state index is 3.68. The van der Waals surface area contributed by atoms with Gasteiger partial charge in [-0.05, 0) is 36.0 Å². The highest BCUT2D eigenvalue weighted by atomic mass is 32.2. The van der Waals surface area contributed by atoms with Crippen LogP contribution in [0.15, 0.2) is 42.3 Å². The van der Waals surface area contributed by atoms with Crippen molar-refractivity contribution in [2.45, 2.75) is 19.3 Å². The monoisotopic (exact) mass is 192 g/mol. The molecule has 0 radical (unpaired) electrons. The normalized spacial score (nSPS) is 9.85. The van der Waals surface area contributed by atoms with Gasteiger partial charge in [0, 0.05) is 0 Å². The average Bonchev–Trinajstić information content (AvgIpc) is 2.19. The topological polar surface area (TPSA) is 0 Å². The minimum Gasteiger partial charge on any atom is -0.135 e. The summed E-state index contributed by atoms with van der Waals surface area (Å²) in [5, 5.41) is 1.92. The summed E-state index contributed by atoms with van der Waals surface area (Å²) in [6, 6.07) is 10.7. The van der Waals surface area contributed by atoms with Gasteiger partial charge < -0.3 is 0 Å². The van der Waals surface area contributed by atoms with E-state index < -0.39 is 0 Å². The first-order valence-corrected chi connectivity index (χ1v) is 5.75. The van der Waals surface area contributed by atoms with Crippen molar-refractivity contribution in [1.29, 1.82) is 0 Å². The summed E-state index contributed by atoms with van der Waals surface area (Å²) in [4.78, 5) is 0. The van der Waals surface area contributed by atoms with E-state index in [9.17, 15) is 0 Å². The lowest BCUT2D eigenvalue weighted by Gasteiger charge is -1.99. The molecule has 0 unspecified atom stereocenters. The fourth-order valence-corrected chi connectivity index (χ4v) is 1.78. The number of rotatable bonds is 6. The van der Waals surface area contributed by atoms with Gasteiger partial charge in [0.2, 0.25) is 0 Å². The number of unbranched alkanes of at least 4 members (excludes halogenated alkanes) is 1. The second-order valence-electron chi connectivity index (χ2n) is 2.98. The molecule has 0 nitrogen and oxygen atoms in total. The SMILES string of the molecule is C=CSCCCCc1ccccc1. The van der Waals surface area contributed by atoms with Crippen LogP contribution in [0, 0.1) is 0 Å². The third-order valence-corrected chi connectivity index (χ3v) is 2.70. The van der Waals surface area contributed by atoms with E-state index in [0.717, 1.165) is 0 Å². The Balaban J connectivity index is 2.10. The minimum atomic E-state index is 1.20. The van der Waals surface area contributed by atoms with Gasteiger partial charge in [0.1, 0.15) is 0 Å². The lowest BCUT2D eigenvalue weighted by molar-refractivity contribution is 0.803. The number of hydrogen-bond acceptors (Lipinski definition) is 1. The smallest absolute Gasteiger partial charge is 0.00261 e. The van der Waals surface area contributed by atoms with Crippen LogP contribution in [0.3, 0.4) is 0 Å². The molecule has 0 fully saturated rings. The van der Waals surface area contributed by atoms with Gasteiger partial charge >= 0.3 is 0 Å². The second-order valence-corrected chi connectivity index (χ2v) is 4.06. The van der Waals surface area contributed by atoms with Crippen molar-refractivity contribution in [3.63, 3.8) is 0 Å². The molecule has 1 aromatic rings. The van der Waals surface area contributed by atoms with Gasteiger partial charge in [-0.15, -0.1) is 11.8 Å². The van der Waals surface area contributed by atoms with Gasteiger partial charge in [-0.3, -0.25) is 0 Å². The molecule has 0 aromatic heterocycles. The van der Waals surface area contributed by atoms with Crippen molar-refractivity contribution >= 4 is 11.8 Å². The molecule has 0 heterocycles. The molecular formula is C12H16S. The molecule has 0 atom stereocenters. The zero-order valence-corrected chi connectivity index (χ0v) is 8.72. The molecule has 0 spiro atoms. The van der Waals surface area contributed by atoms with Gasteiger partial charge in [0.15, 0.2) is 0 Å². The lowest BCUT2D eigenvalue weighted by Crippen LogP contribution is -1.85. The van der Waals surface area contributed by atoms with Crippen LogP contribution >= 0.6 is 11.8 Å². The van der Waals surface area contributed by atoms with Crippen LogP contribution < -0.4 is 0 Å². The van der Waals surface area contributed by atoms with E-state index in [-0.39, 0.29) is 0 Å². The molecule has 70 valence electrons. The second kappa shape index (κ2) is 6.79. The minimum absolute atomic E-state index is 1.20. The van der Waals surface area contributed by atoms with Gasteiger partial charge in [0.25, 0.3) is 0 Å². The van der Waals surface area contributed by atoms with E-state index in [0.29, 0.717) is 0 Å². The highest BCUT2D eigenvalue weighted by Gasteiger charge is 1.91. The van der Waals surface area contributed by atoms with Crippen LogP contribution in [-0.4, -0.2) is 5.75 Å². The van der Waals surface area contributed by atoms with Crippen molar-refractivity contribution in [2.24, 2.45) is 0 Å². The number of benzene rings is 1. The van der Waals surface area contributed by atoms with Crippen molar-refractivity contribution in [3.05, 3.63) is 47.9 Å². The van der Waals surface area contributed by atoms with Gasteiger partial charge in [-0.1, -0.05) is 36.9 Å². The first-order chi connectivity index (χ1) is 6.43. The van der Waals surface area contributed by atoms with E-state index in [2.05, 4.69) is 36.9 Å². The van der Waals surface area contributed by atoms with Crippen LogP contribution in [0.4, 0.5) is 0 Å². The standard InChI is InChI=1S/C12H16S/c1-2-13-11-7-6-10-12-8-4-3-5-9-12/h2-5,8-9H,1,6-7,10-11H2. The van der Waals surface area contributed by atoms with Crippen molar-refractivity contribution in [1.82, 2.24) is 0 Å². The van der Waals surface area contributed by atoms with E-state index in [1.807, 2.05) is 17.2 Å². The Labute approximate surface area is 85.1 Å². The van der Waals surface area contributed by atoms with Crippen LogP contribution in [0.25, 0.3) is 0 Å². The molecule has 0 amide bonds. The quantitative estimate of drug-likeness (QED) is 0.616. The summed E-state index contributed by atoms with van der Waals surface area (Å²) >= 11 is 1.81. The third-order valence-electron chi connectivity index (χ3n) is 1.94. The summed E-state index contributed by atoms with van der Waals surface area (Å²) in [5.74, 6) is 1.20. The maximum atomic E-state index is 3.68. The molecular weight excluding hydrogens is 176 g/mol. The van der Waals surface area contributed by atoms with Gasteiger partial charge in [0.05, 0.1) is 0 Å². The Morgan fingerprint density at radius 1 is 1.15 bits per heavy atom. The van der Waals surface area contributed by atoms with Crippen molar-refractivity contribution in [2.75, 3.05) is 5.75 Å². The Kier molecular flexibility index (Phi) is 5.42. The van der Waals surface area contributed by atoms with Crippen LogP contribution in [0.5, 0.6) is 0 Å². The lowest BCUT2D eigenvalue weighted by atomic mass is 10.1. The summed E-state index contributed by atoms with van der Waals surface area (Å²) in [6.07, 6.45) is 3.77. The largest absolute Gasteiger partial charge is 0.135 e. The summed E-state index contributed by atoms with van der Waals surface area (Å²) in [7, 11) is 0. The number of hydrogen-bond donors (Lipinski definition) is 0. The Bertz CT molecular complexity index is 228. The zero-order chi connectivity index (χ0) is 9.36. The molecule has 1 rings (SSSR count). The molecule has 0 saturated heterocycles. The molecule has 1 aromatic carbocycles. The highest BCUT2D eigenvalue weighted by molar-refractivity contribution is 8.02. The highest BCUT2D eigenvalue weighted by Crippen LogP contribution is 2.08. The Morgan fingerprint density at radius 2 is 1.92 bits per heavy atom. The predicted octanol–water partition coefficient (Wildman–Crippen LogP) is 3.89. The third kappa shape index (κ3) is 4.79. The number of thioether (sulfide) groups is 1. The first kappa shape index (κ1) is 10.4. The van der Waals surface area contributed by atoms with Crippen LogP contribution in [0.1, 0.15) is 18.4 Å². The van der Waals surface area contributed by atoms with E-state index >= 15 is 0 Å². The van der Waals surface area contributed by atoms with Crippen molar-refractivity contribution in [3.8, 4) is 0 Å².